The molecule has 3 aliphatic rings. The van der Waals surface area contributed by atoms with Gasteiger partial charge in [0.1, 0.15) is 18.0 Å². The maximum atomic E-state index is 11.8. The minimum atomic E-state index is -0.999. The Morgan fingerprint density at radius 1 is 1.17 bits per heavy atom. The molecule has 0 radical (unpaired) electrons. The Hall–Kier alpha value is -3.21. The molecule has 13 nitrogen and oxygen atoms in total. The molecule has 2 atom stereocenters. The molecule has 0 bridgehead atoms. The molecule has 2 fully saturated rings. The van der Waals surface area contributed by atoms with Crippen LogP contribution in [0.3, 0.4) is 0 Å². The van der Waals surface area contributed by atoms with Crippen LogP contribution in [0.15, 0.2) is 0 Å². The minimum absolute atomic E-state index is 0.132. The molecule has 0 spiro atoms. The number of fused-ring (bicyclic) bond motifs is 1. The van der Waals surface area contributed by atoms with Gasteiger partial charge in [-0.05, 0) is 59.5 Å². The lowest BCUT2D eigenvalue weighted by Gasteiger charge is -2.40. The van der Waals surface area contributed by atoms with Gasteiger partial charge in [0, 0.05) is 50.9 Å². The minimum Gasteiger partial charge on any atom is -0.465 e. The second-order valence-corrected chi connectivity index (χ2v) is 12.1. The molecule has 13 heteroatoms. The Morgan fingerprint density at radius 3 is 2.76 bits per heavy atom. The number of aromatic nitrogens is 2. The summed E-state index contributed by atoms with van der Waals surface area (Å²) in [6.45, 7) is 11.5. The molecule has 2 N–H and O–H groups in total. The molecule has 232 valence electrons. The lowest BCUT2D eigenvalue weighted by atomic mass is 10.0. The molecular formula is C29H45N7O6. The maximum Gasteiger partial charge on any atom is 0.407 e. The molecule has 1 aromatic rings. The van der Waals surface area contributed by atoms with E-state index in [0.29, 0.717) is 52.0 Å². The van der Waals surface area contributed by atoms with Crippen molar-refractivity contribution >= 4 is 17.9 Å². The number of carbonyl (C=O) groups excluding carboxylic acids is 1. The average molecular weight is 588 g/mol. The molecule has 2 unspecified atom stereocenters. The molecule has 4 heterocycles. The first kappa shape index (κ1) is 31.7. The Bertz CT molecular complexity index is 1120. The van der Waals surface area contributed by atoms with Crippen molar-refractivity contribution in [3.8, 4) is 12.1 Å². The van der Waals surface area contributed by atoms with Crippen molar-refractivity contribution in [1.82, 2.24) is 25.1 Å². The zero-order chi connectivity index (χ0) is 30.1. The number of nitrogens with zero attached hydrogens (tertiary/aromatic N) is 6. The van der Waals surface area contributed by atoms with Gasteiger partial charge in [-0.3, -0.25) is 9.69 Å². The molecule has 0 aliphatic carbocycles. The lowest BCUT2D eigenvalue weighted by molar-refractivity contribution is -0.156. The number of anilines is 1. The van der Waals surface area contributed by atoms with Crippen LogP contribution in [-0.2, 0) is 27.2 Å². The van der Waals surface area contributed by atoms with Gasteiger partial charge in [-0.25, -0.2) is 4.79 Å². The van der Waals surface area contributed by atoms with Gasteiger partial charge in [0.25, 0.3) is 0 Å². The zero-order valence-corrected chi connectivity index (χ0v) is 25.1. The Kier molecular flexibility index (Phi) is 11.2. The summed E-state index contributed by atoms with van der Waals surface area (Å²) in [6, 6.07) is 2.31. The van der Waals surface area contributed by atoms with Crippen LogP contribution in [0.5, 0.6) is 6.01 Å². The Morgan fingerprint density at radius 2 is 2.00 bits per heavy atom. The van der Waals surface area contributed by atoms with E-state index >= 15 is 0 Å². The average Bonchev–Trinajstić information content (AvgIpc) is 3.39. The molecule has 1 aromatic heterocycles. The summed E-state index contributed by atoms with van der Waals surface area (Å²) in [7, 11) is 0. The highest BCUT2D eigenvalue weighted by Crippen LogP contribution is 2.29. The number of ether oxygens (including phenoxy) is 3. The zero-order valence-electron chi connectivity index (χ0n) is 25.1. The molecule has 0 saturated carbocycles. The highest BCUT2D eigenvalue weighted by atomic mass is 16.6. The second-order valence-electron chi connectivity index (χ2n) is 12.1. The van der Waals surface area contributed by atoms with Crippen molar-refractivity contribution in [2.45, 2.75) is 83.5 Å². The van der Waals surface area contributed by atoms with E-state index in [1.54, 1.807) is 0 Å². The van der Waals surface area contributed by atoms with Crippen molar-refractivity contribution in [2.24, 2.45) is 0 Å². The fourth-order valence-corrected chi connectivity index (χ4v) is 5.79. The van der Waals surface area contributed by atoms with Crippen LogP contribution >= 0.6 is 0 Å². The van der Waals surface area contributed by atoms with Crippen LogP contribution in [0.4, 0.5) is 10.6 Å². The number of amides is 1. The van der Waals surface area contributed by atoms with Crippen molar-refractivity contribution in [1.29, 1.82) is 5.26 Å². The van der Waals surface area contributed by atoms with Gasteiger partial charge in [0.2, 0.25) is 0 Å². The van der Waals surface area contributed by atoms with Crippen LogP contribution in [0, 0.1) is 11.3 Å². The van der Waals surface area contributed by atoms with Gasteiger partial charge in [-0.1, -0.05) is 0 Å². The topological polar surface area (TPSA) is 153 Å². The van der Waals surface area contributed by atoms with Crippen LogP contribution in [0.1, 0.15) is 64.1 Å². The first-order valence-corrected chi connectivity index (χ1v) is 15.0. The van der Waals surface area contributed by atoms with Crippen LogP contribution in [0.25, 0.3) is 0 Å². The first-order valence-electron chi connectivity index (χ1n) is 15.0. The van der Waals surface area contributed by atoms with Gasteiger partial charge in [-0.15, -0.1) is 0 Å². The molecule has 3 aliphatic heterocycles. The highest BCUT2D eigenvalue weighted by Gasteiger charge is 2.33. The number of likely N-dealkylation sites (tertiary alicyclic amines) is 1. The van der Waals surface area contributed by atoms with E-state index in [4.69, 9.17) is 24.2 Å². The van der Waals surface area contributed by atoms with Crippen LogP contribution in [0.2, 0.25) is 0 Å². The number of piperazine rings is 1. The number of rotatable bonds is 12. The summed E-state index contributed by atoms with van der Waals surface area (Å²) in [5, 5.41) is 22.2. The monoisotopic (exact) mass is 587 g/mol. The normalized spacial score (nSPS) is 21.1. The summed E-state index contributed by atoms with van der Waals surface area (Å²) < 4.78 is 17.2. The number of carboxylic acid groups (broad SMARTS) is 1. The number of hydrogen-bond donors (Lipinski definition) is 2. The quantitative estimate of drug-likeness (QED) is 0.272. The first-order chi connectivity index (χ1) is 20.1. The van der Waals surface area contributed by atoms with Crippen LogP contribution in [-0.4, -0.2) is 114 Å². The summed E-state index contributed by atoms with van der Waals surface area (Å²) in [6.07, 6.45) is 3.16. The predicted molar refractivity (Wildman–Crippen MR) is 154 cm³/mol. The van der Waals surface area contributed by atoms with E-state index in [1.807, 2.05) is 20.8 Å². The van der Waals surface area contributed by atoms with Crippen molar-refractivity contribution < 1.29 is 28.9 Å². The maximum absolute atomic E-state index is 11.8. The summed E-state index contributed by atoms with van der Waals surface area (Å²) in [5.74, 6) is 0.545. The number of nitrogens with one attached hydrogen (secondary N) is 1. The second kappa shape index (κ2) is 14.8. The number of hydrogen-bond acceptors (Lipinski definition) is 11. The standard InChI is InChI=1S/C29H45N7O6/c1-29(2,3)42-25(37)9-17-40-16-5-13-34-12-4-6-22(34)20-41-27-32-24-18-31-11-8-23(24)26(33-27)35-14-15-36(28(38)39)21(19-35)7-10-30/h21-22,31H,4-9,11-20H2,1-3H3,(H,38,39). The summed E-state index contributed by atoms with van der Waals surface area (Å²) in [4.78, 5) is 38.9. The fraction of sp³-hybridized carbons (Fsp3) is 0.759. The molecule has 42 heavy (non-hydrogen) atoms. The van der Waals surface area contributed by atoms with Gasteiger partial charge in [0.15, 0.2) is 0 Å². The molecule has 0 aromatic carbocycles. The predicted octanol–water partition coefficient (Wildman–Crippen LogP) is 2.19. The highest BCUT2D eigenvalue weighted by molar-refractivity contribution is 5.70. The third kappa shape index (κ3) is 8.89. The lowest BCUT2D eigenvalue weighted by Crippen LogP contribution is -2.55. The molecule has 1 amide bonds. The Balaban J connectivity index is 1.30. The van der Waals surface area contributed by atoms with Gasteiger partial charge in [-0.2, -0.15) is 15.2 Å². The largest absolute Gasteiger partial charge is 0.465 e. The molecule has 4 rings (SSSR count). The summed E-state index contributed by atoms with van der Waals surface area (Å²) >= 11 is 0. The van der Waals surface area contributed by atoms with E-state index in [9.17, 15) is 20.0 Å². The van der Waals surface area contributed by atoms with E-state index in [-0.39, 0.29) is 24.9 Å². The van der Waals surface area contributed by atoms with Gasteiger partial charge >= 0.3 is 18.1 Å². The Labute approximate surface area is 248 Å². The number of esters is 1. The van der Waals surface area contributed by atoms with E-state index in [1.165, 1.54) is 4.90 Å². The third-order valence-electron chi connectivity index (χ3n) is 7.76. The van der Waals surface area contributed by atoms with E-state index < -0.39 is 17.7 Å². The van der Waals surface area contributed by atoms with E-state index in [0.717, 1.165) is 62.4 Å². The smallest absolute Gasteiger partial charge is 0.407 e. The molecule has 2 saturated heterocycles. The molecular weight excluding hydrogens is 542 g/mol. The third-order valence-corrected chi connectivity index (χ3v) is 7.76. The number of nitriles is 1. The van der Waals surface area contributed by atoms with Gasteiger partial charge in [0.05, 0.1) is 37.3 Å². The van der Waals surface area contributed by atoms with Crippen LogP contribution < -0.4 is 15.0 Å². The van der Waals surface area contributed by atoms with E-state index in [2.05, 4.69) is 21.2 Å². The number of carbonyl (C=O) groups is 2. The SMILES string of the molecule is CC(C)(C)OC(=O)CCOCCCN1CCCC1COc1nc2c(c(N3CCN(C(=O)O)C(CC#N)C3)n1)CCNC2. The summed E-state index contributed by atoms with van der Waals surface area (Å²) in [5.41, 5.74) is 1.49. The van der Waals surface area contributed by atoms with Crippen molar-refractivity contribution in [2.75, 3.05) is 64.0 Å². The van der Waals surface area contributed by atoms with Crippen molar-refractivity contribution in [3.05, 3.63) is 11.3 Å². The van der Waals surface area contributed by atoms with Gasteiger partial charge < -0.3 is 34.4 Å². The fourth-order valence-electron chi connectivity index (χ4n) is 5.79. The van der Waals surface area contributed by atoms with Crippen molar-refractivity contribution in [3.63, 3.8) is 0 Å².